The largest absolute Gasteiger partial charge is 0.487 e. The first-order chi connectivity index (χ1) is 10.1. The van der Waals surface area contributed by atoms with Crippen molar-refractivity contribution in [1.29, 1.82) is 0 Å². The van der Waals surface area contributed by atoms with Crippen molar-refractivity contribution in [1.82, 2.24) is 0 Å². The van der Waals surface area contributed by atoms with Gasteiger partial charge in [-0.2, -0.15) is 16.8 Å². The minimum absolute atomic E-state index is 0. The van der Waals surface area contributed by atoms with E-state index in [-0.39, 0.29) is 72.3 Å². The van der Waals surface area contributed by atoms with Crippen molar-refractivity contribution in [3.05, 3.63) is 12.1 Å². The van der Waals surface area contributed by atoms with Gasteiger partial charge < -0.3 is 19.7 Å². The summed E-state index contributed by atoms with van der Waals surface area (Å²) in [6, 6.07) is 1.23. The van der Waals surface area contributed by atoms with Crippen LogP contribution in [0.15, 0.2) is 21.9 Å². The van der Waals surface area contributed by atoms with Crippen LogP contribution in [-0.4, -0.2) is 122 Å². The van der Waals surface area contributed by atoms with E-state index in [1.54, 1.807) is 0 Å². The van der Waals surface area contributed by atoms with Crippen LogP contribution in [0.25, 0.3) is 0 Å². The summed E-state index contributed by atoms with van der Waals surface area (Å²) >= 11 is 0. The van der Waals surface area contributed by atoms with Gasteiger partial charge in [0.05, 0.1) is 18.1 Å². The Kier molecular flexibility index (Phi) is 12.6. The second kappa shape index (κ2) is 11.3. The summed E-state index contributed by atoms with van der Waals surface area (Å²) in [6.07, 6.45) is 0. The minimum Gasteiger partial charge on any atom is -0.487 e. The van der Waals surface area contributed by atoms with Gasteiger partial charge in [-0.05, 0) is 6.07 Å². The van der Waals surface area contributed by atoms with E-state index in [0.717, 1.165) is 6.07 Å². The maximum Gasteiger partial charge on any atom is 0.298 e. The van der Waals surface area contributed by atoms with E-state index in [9.17, 15) is 16.8 Å². The van der Waals surface area contributed by atoms with Crippen LogP contribution in [-0.2, 0) is 20.2 Å². The van der Waals surface area contributed by atoms with Gasteiger partial charge in [-0.3, -0.25) is 9.11 Å². The van der Waals surface area contributed by atoms with E-state index in [1.165, 1.54) is 0 Å². The number of hydrogen-bond donors (Lipinski definition) is 4. The molecule has 128 valence electrons. The number of hydrogen-bond acceptors (Lipinski definition) is 8. The summed E-state index contributed by atoms with van der Waals surface area (Å²) in [5.74, 6) is -1.01. The molecule has 0 saturated heterocycles. The number of benzene rings is 1. The standard InChI is InChI=1S/C10H14O10S2.2Na/c11-1-3-19-8-5-7(21(13,14)15)6-9(22(16,17)18)10(8)20-4-2-12;;/h5-6,11-12H,1-4H2,(H,13,14,15)(H,16,17,18);;. The van der Waals surface area contributed by atoms with Crippen molar-refractivity contribution in [2.75, 3.05) is 26.4 Å². The average Bonchev–Trinajstić information content (AvgIpc) is 2.40. The van der Waals surface area contributed by atoms with E-state index < -0.39 is 54.7 Å². The van der Waals surface area contributed by atoms with Crippen LogP contribution in [0.2, 0.25) is 0 Å². The Morgan fingerprint density at radius 1 is 0.833 bits per heavy atom. The molecule has 0 fully saturated rings. The molecule has 0 amide bonds. The van der Waals surface area contributed by atoms with Crippen LogP contribution in [0.1, 0.15) is 0 Å². The van der Waals surface area contributed by atoms with Gasteiger partial charge in [0.15, 0.2) is 11.5 Å². The Morgan fingerprint density at radius 2 is 1.33 bits per heavy atom. The van der Waals surface area contributed by atoms with Gasteiger partial charge in [-0.1, -0.05) is 0 Å². The molecule has 0 bridgehead atoms. The van der Waals surface area contributed by atoms with Crippen molar-refractivity contribution in [3.63, 3.8) is 0 Å². The van der Waals surface area contributed by atoms with Gasteiger partial charge in [0.1, 0.15) is 18.1 Å². The fourth-order valence-electron chi connectivity index (χ4n) is 1.45. The Balaban J connectivity index is 0. The minimum atomic E-state index is -4.92. The quantitative estimate of drug-likeness (QED) is 0.285. The molecule has 0 unspecified atom stereocenters. The zero-order valence-electron chi connectivity index (χ0n) is 13.0. The summed E-state index contributed by atoms with van der Waals surface area (Å²) in [5.41, 5.74) is 0. The molecule has 0 aliphatic carbocycles. The third-order valence-electron chi connectivity index (χ3n) is 2.26. The van der Waals surface area contributed by atoms with Gasteiger partial charge in [0.25, 0.3) is 20.2 Å². The summed E-state index contributed by atoms with van der Waals surface area (Å²) in [7, 11) is -9.71. The Bertz CT molecular complexity index is 732. The topological polar surface area (TPSA) is 168 Å². The van der Waals surface area contributed by atoms with Gasteiger partial charge >= 0.3 is 0 Å². The second-order valence-electron chi connectivity index (χ2n) is 3.84. The van der Waals surface area contributed by atoms with Gasteiger partial charge in [-0.15, -0.1) is 0 Å². The first-order valence-electron chi connectivity index (χ1n) is 5.71. The van der Waals surface area contributed by atoms with E-state index in [4.69, 9.17) is 28.8 Å². The molecule has 24 heavy (non-hydrogen) atoms. The van der Waals surface area contributed by atoms with Crippen molar-refractivity contribution in [3.8, 4) is 11.5 Å². The van der Waals surface area contributed by atoms with Crippen LogP contribution in [0.3, 0.4) is 0 Å². The second-order valence-corrected chi connectivity index (χ2v) is 6.65. The van der Waals surface area contributed by atoms with Crippen LogP contribution in [0, 0.1) is 0 Å². The van der Waals surface area contributed by atoms with Crippen molar-refractivity contribution in [2.45, 2.75) is 9.79 Å². The molecule has 1 aromatic carbocycles. The van der Waals surface area contributed by atoms with Crippen molar-refractivity contribution < 1.29 is 45.6 Å². The SMILES string of the molecule is O=S(=O)(O)c1cc(OCCO)c(OCCO)c(S(=O)(=O)O)c1.[Na].[Na]. The normalized spacial score (nSPS) is 11.2. The molecule has 0 heterocycles. The summed E-state index contributed by atoms with van der Waals surface area (Å²) < 4.78 is 73.1. The third kappa shape index (κ3) is 7.85. The first kappa shape index (κ1) is 26.8. The van der Waals surface area contributed by atoms with E-state index >= 15 is 0 Å². The number of aliphatic hydroxyl groups excluding tert-OH is 2. The molecule has 0 aliphatic heterocycles. The fourth-order valence-corrected chi connectivity index (χ4v) is 2.71. The van der Waals surface area contributed by atoms with Gasteiger partial charge in [0.2, 0.25) is 0 Å². The maximum absolute atomic E-state index is 11.4. The van der Waals surface area contributed by atoms with Gasteiger partial charge in [-0.25, -0.2) is 0 Å². The zero-order valence-corrected chi connectivity index (χ0v) is 18.7. The molecule has 2 radical (unpaired) electrons. The molecule has 0 spiro atoms. The van der Waals surface area contributed by atoms with E-state index in [0.29, 0.717) is 6.07 Å². The molecule has 0 saturated carbocycles. The average molecular weight is 404 g/mol. The Morgan fingerprint density at radius 3 is 1.75 bits per heavy atom. The Labute approximate surface area is 183 Å². The third-order valence-corrected chi connectivity index (χ3v) is 3.95. The molecule has 1 rings (SSSR count). The number of rotatable bonds is 8. The summed E-state index contributed by atoms with van der Waals surface area (Å²) in [4.78, 5) is -1.83. The number of aliphatic hydroxyl groups is 2. The van der Waals surface area contributed by atoms with Crippen LogP contribution in [0.4, 0.5) is 0 Å². The van der Waals surface area contributed by atoms with Crippen LogP contribution >= 0.6 is 0 Å². The Hall–Kier alpha value is 0.560. The number of ether oxygens (including phenoxy) is 2. The van der Waals surface area contributed by atoms with E-state index in [1.807, 2.05) is 0 Å². The fraction of sp³-hybridized carbons (Fsp3) is 0.400. The maximum atomic E-state index is 11.4. The molecular formula is C10H14Na2O10S2. The molecule has 10 nitrogen and oxygen atoms in total. The summed E-state index contributed by atoms with van der Waals surface area (Å²) in [6.45, 7) is -1.68. The molecule has 4 N–H and O–H groups in total. The monoisotopic (exact) mass is 404 g/mol. The summed E-state index contributed by atoms with van der Waals surface area (Å²) in [5, 5.41) is 17.4. The van der Waals surface area contributed by atoms with Crippen LogP contribution < -0.4 is 9.47 Å². The first-order valence-corrected chi connectivity index (χ1v) is 8.59. The van der Waals surface area contributed by atoms with Crippen LogP contribution in [0.5, 0.6) is 11.5 Å². The predicted octanol–water partition coefficient (Wildman–Crippen LogP) is -1.84. The molecule has 1 aromatic rings. The van der Waals surface area contributed by atoms with E-state index in [2.05, 4.69) is 0 Å². The molecule has 0 aromatic heterocycles. The van der Waals surface area contributed by atoms with Crippen molar-refractivity contribution >= 4 is 79.4 Å². The molecule has 0 atom stereocenters. The smallest absolute Gasteiger partial charge is 0.298 e. The molecule has 0 aliphatic rings. The zero-order chi connectivity index (χ0) is 17.0. The predicted molar refractivity (Wildman–Crippen MR) is 82.7 cm³/mol. The molecule has 14 heteroatoms. The molecular weight excluding hydrogens is 390 g/mol. The van der Waals surface area contributed by atoms with Gasteiger partial charge in [0, 0.05) is 65.2 Å². The van der Waals surface area contributed by atoms with Crippen molar-refractivity contribution in [2.24, 2.45) is 0 Å².